The molecular formula is C28H25ClFN7O. The fraction of sp³-hybridized carbons (Fsp3) is 0.179. The summed E-state index contributed by atoms with van der Waals surface area (Å²) in [6, 6.07) is 19.6. The van der Waals surface area contributed by atoms with Crippen molar-refractivity contribution in [2.24, 2.45) is 0 Å². The van der Waals surface area contributed by atoms with Crippen molar-refractivity contribution in [2.75, 3.05) is 41.7 Å². The number of nitrogens with one attached hydrogen (secondary N) is 3. The molecule has 3 aromatic carbocycles. The van der Waals surface area contributed by atoms with E-state index in [1.807, 2.05) is 12.1 Å². The molecule has 1 saturated heterocycles. The predicted molar refractivity (Wildman–Crippen MR) is 149 cm³/mol. The molecule has 0 radical (unpaired) electrons. The van der Waals surface area contributed by atoms with Gasteiger partial charge in [-0.3, -0.25) is 0 Å². The van der Waals surface area contributed by atoms with Crippen molar-refractivity contribution < 1.29 is 9.13 Å². The van der Waals surface area contributed by atoms with E-state index < -0.39 is 0 Å². The molecule has 1 fully saturated rings. The minimum Gasteiger partial charge on any atom is -0.500 e. The van der Waals surface area contributed by atoms with Crippen molar-refractivity contribution >= 4 is 46.1 Å². The number of hydrogen-bond acceptors (Lipinski definition) is 7. The highest BCUT2D eigenvalue weighted by molar-refractivity contribution is 6.33. The molecule has 38 heavy (non-hydrogen) atoms. The Kier molecular flexibility index (Phi) is 7.83. The third-order valence-electron chi connectivity index (χ3n) is 6.05. The van der Waals surface area contributed by atoms with Gasteiger partial charge in [0.2, 0.25) is 5.95 Å². The molecule has 8 nitrogen and oxygen atoms in total. The summed E-state index contributed by atoms with van der Waals surface area (Å²) in [5, 5.41) is 9.96. The number of ether oxygens (including phenoxy) is 1. The van der Waals surface area contributed by atoms with Gasteiger partial charge in [0.1, 0.15) is 23.2 Å². The van der Waals surface area contributed by atoms with Gasteiger partial charge in [-0.05, 0) is 42.5 Å². The van der Waals surface area contributed by atoms with Crippen LogP contribution >= 0.6 is 11.6 Å². The molecule has 0 amide bonds. The van der Waals surface area contributed by atoms with Gasteiger partial charge in [0.05, 0.1) is 12.8 Å². The maximum Gasteiger partial charge on any atom is 0.250 e. The Morgan fingerprint density at radius 2 is 1.82 bits per heavy atom. The van der Waals surface area contributed by atoms with Crippen molar-refractivity contribution in [3.8, 4) is 5.75 Å². The summed E-state index contributed by atoms with van der Waals surface area (Å²) < 4.78 is 19.8. The zero-order valence-corrected chi connectivity index (χ0v) is 21.2. The zero-order valence-electron chi connectivity index (χ0n) is 20.4. The number of para-hydroxylation sites is 1. The maximum absolute atomic E-state index is 14.0. The van der Waals surface area contributed by atoms with Gasteiger partial charge in [0.15, 0.2) is 5.82 Å². The molecular weight excluding hydrogens is 505 g/mol. The van der Waals surface area contributed by atoms with E-state index in [-0.39, 0.29) is 18.1 Å². The second-order valence-electron chi connectivity index (χ2n) is 8.57. The lowest BCUT2D eigenvalue weighted by Crippen LogP contribution is -2.43. The molecule has 4 aromatic rings. The van der Waals surface area contributed by atoms with Crippen LogP contribution in [0.4, 0.5) is 38.9 Å². The van der Waals surface area contributed by atoms with E-state index in [1.54, 1.807) is 36.4 Å². The van der Waals surface area contributed by atoms with Gasteiger partial charge in [0.25, 0.3) is 5.69 Å². The number of benzene rings is 3. The van der Waals surface area contributed by atoms with Crippen LogP contribution in [-0.4, -0.2) is 36.1 Å². The van der Waals surface area contributed by atoms with Crippen LogP contribution in [0.5, 0.6) is 5.75 Å². The van der Waals surface area contributed by atoms with Gasteiger partial charge in [-0.15, -0.1) is 0 Å². The average molecular weight is 530 g/mol. The van der Waals surface area contributed by atoms with Gasteiger partial charge in [-0.25, -0.2) is 14.2 Å². The molecule has 0 spiro atoms. The number of halogens is 2. The summed E-state index contributed by atoms with van der Waals surface area (Å²) in [6.45, 7) is 11.6. The second-order valence-corrected chi connectivity index (χ2v) is 8.98. The molecule has 1 aromatic heterocycles. The molecule has 5 rings (SSSR count). The maximum atomic E-state index is 14.0. The molecule has 1 aliphatic heterocycles. The Morgan fingerprint density at radius 3 is 2.58 bits per heavy atom. The molecule has 0 bridgehead atoms. The summed E-state index contributed by atoms with van der Waals surface area (Å²) in [5.74, 6) is 0.639. The largest absolute Gasteiger partial charge is 0.500 e. The SMILES string of the molecule is [C-]#[N+]c1c(Nc2nc(Nc3ccc(N4CCNCC4)cc3)ncc2Cl)cccc1OCc1ccccc1F. The monoisotopic (exact) mass is 529 g/mol. The van der Waals surface area contributed by atoms with Gasteiger partial charge < -0.3 is 25.6 Å². The predicted octanol–water partition coefficient (Wildman–Crippen LogP) is 6.30. The topological polar surface area (TPSA) is 78.7 Å². The fourth-order valence-corrected chi connectivity index (χ4v) is 4.21. The van der Waals surface area contributed by atoms with Gasteiger partial charge >= 0.3 is 0 Å². The number of nitrogens with zero attached hydrogens (tertiary/aromatic N) is 4. The lowest BCUT2D eigenvalue weighted by Gasteiger charge is -2.29. The normalized spacial score (nSPS) is 13.0. The minimum atomic E-state index is -0.364. The summed E-state index contributed by atoms with van der Waals surface area (Å²) in [7, 11) is 0. The zero-order chi connectivity index (χ0) is 26.3. The molecule has 0 saturated carbocycles. The molecule has 1 aliphatic rings. The third kappa shape index (κ3) is 5.94. The van der Waals surface area contributed by atoms with Crippen molar-refractivity contribution in [3.63, 3.8) is 0 Å². The van der Waals surface area contributed by atoms with Crippen LogP contribution in [0.1, 0.15) is 5.56 Å². The number of hydrogen-bond donors (Lipinski definition) is 3. The van der Waals surface area contributed by atoms with Crippen LogP contribution in [0.25, 0.3) is 4.85 Å². The molecule has 10 heteroatoms. The first-order valence-corrected chi connectivity index (χ1v) is 12.5. The fourth-order valence-electron chi connectivity index (χ4n) is 4.08. The van der Waals surface area contributed by atoms with E-state index in [1.165, 1.54) is 18.0 Å². The Balaban J connectivity index is 1.31. The van der Waals surface area contributed by atoms with Crippen LogP contribution in [0.15, 0.2) is 72.9 Å². The first-order chi connectivity index (χ1) is 18.6. The van der Waals surface area contributed by atoms with Crippen molar-refractivity contribution in [1.82, 2.24) is 15.3 Å². The van der Waals surface area contributed by atoms with Crippen molar-refractivity contribution in [2.45, 2.75) is 6.61 Å². The highest BCUT2D eigenvalue weighted by Crippen LogP contribution is 2.38. The van der Waals surface area contributed by atoms with Crippen LogP contribution in [0.3, 0.4) is 0 Å². The molecule has 0 atom stereocenters. The number of piperazine rings is 1. The Labute approximate surface area is 225 Å². The molecule has 3 N–H and O–H groups in total. The number of aromatic nitrogens is 2. The summed E-state index contributed by atoms with van der Waals surface area (Å²) in [4.78, 5) is 14.8. The van der Waals surface area contributed by atoms with Crippen LogP contribution < -0.4 is 25.6 Å². The summed E-state index contributed by atoms with van der Waals surface area (Å²) >= 11 is 6.37. The number of rotatable bonds is 8. The van der Waals surface area contributed by atoms with Gasteiger partial charge in [-0.2, -0.15) is 4.98 Å². The smallest absolute Gasteiger partial charge is 0.250 e. The van der Waals surface area contributed by atoms with E-state index >= 15 is 0 Å². The van der Waals surface area contributed by atoms with Crippen molar-refractivity contribution in [3.05, 3.63) is 101 Å². The second kappa shape index (κ2) is 11.8. The third-order valence-corrected chi connectivity index (χ3v) is 6.33. The number of anilines is 5. The Morgan fingerprint density at radius 1 is 1.03 bits per heavy atom. The van der Waals surface area contributed by atoms with E-state index in [0.717, 1.165) is 31.9 Å². The highest BCUT2D eigenvalue weighted by atomic mass is 35.5. The highest BCUT2D eigenvalue weighted by Gasteiger charge is 2.15. The molecule has 0 unspecified atom stereocenters. The molecule has 0 aliphatic carbocycles. The lowest BCUT2D eigenvalue weighted by molar-refractivity contribution is 0.302. The van der Waals surface area contributed by atoms with Crippen LogP contribution in [-0.2, 0) is 6.61 Å². The Hall–Kier alpha value is -4.39. The minimum absolute atomic E-state index is 0.00554. The van der Waals surface area contributed by atoms with E-state index in [0.29, 0.717) is 33.8 Å². The molecule has 2 heterocycles. The summed E-state index contributed by atoms with van der Waals surface area (Å²) in [5.41, 5.74) is 3.09. The van der Waals surface area contributed by atoms with Crippen LogP contribution in [0.2, 0.25) is 5.02 Å². The van der Waals surface area contributed by atoms with E-state index in [9.17, 15) is 4.39 Å². The van der Waals surface area contributed by atoms with E-state index in [2.05, 4.69) is 47.8 Å². The lowest BCUT2D eigenvalue weighted by atomic mass is 10.2. The van der Waals surface area contributed by atoms with E-state index in [4.69, 9.17) is 22.9 Å². The molecule has 192 valence electrons. The van der Waals surface area contributed by atoms with Crippen LogP contribution in [0, 0.1) is 12.4 Å². The van der Waals surface area contributed by atoms with Gasteiger partial charge in [0, 0.05) is 48.8 Å². The first-order valence-electron chi connectivity index (χ1n) is 12.1. The first kappa shape index (κ1) is 25.3. The quantitative estimate of drug-likeness (QED) is 0.231. The van der Waals surface area contributed by atoms with Crippen molar-refractivity contribution in [1.29, 1.82) is 0 Å². The van der Waals surface area contributed by atoms with Gasteiger partial charge in [-0.1, -0.05) is 35.9 Å². The average Bonchev–Trinajstić information content (AvgIpc) is 2.95. The summed E-state index contributed by atoms with van der Waals surface area (Å²) in [6.07, 6.45) is 1.49. The Bertz CT molecular complexity index is 1450. The standard InChI is InChI=1S/C28H25ClFN7O/c1-31-26-24(7-4-8-25(26)38-18-19-5-2-3-6-23(19)30)35-27-22(29)17-33-28(36-27)34-20-9-11-21(12-10-20)37-15-13-32-14-16-37/h2-12,17,32H,13-16,18H2,(H2,33,34,35,36).